The molecular weight excluding hydrogens is 172 g/mol. The smallest absolute Gasteiger partial charge is 0.345 e. The molecule has 1 N–H and O–H groups in total. The monoisotopic (exact) mass is 180 g/mol. The Bertz CT molecular complexity index is 304. The molecule has 0 aliphatic heterocycles. The summed E-state index contributed by atoms with van der Waals surface area (Å²) < 4.78 is 4.23. The largest absolute Gasteiger partial charge is 0.477 e. The van der Waals surface area contributed by atoms with Gasteiger partial charge in [-0.15, -0.1) is 6.42 Å². The van der Waals surface area contributed by atoms with Gasteiger partial charge in [-0.3, -0.25) is 0 Å². The summed E-state index contributed by atoms with van der Waals surface area (Å²) in [5, 5.41) is 8.52. The average Bonchev–Trinajstić information content (AvgIpc) is 2.11. The molecule has 13 heavy (non-hydrogen) atoms. The van der Waals surface area contributed by atoms with Gasteiger partial charge in [0.15, 0.2) is 0 Å². The van der Waals surface area contributed by atoms with E-state index in [4.69, 9.17) is 11.5 Å². The van der Waals surface area contributed by atoms with Crippen LogP contribution in [0.5, 0.6) is 0 Å². The van der Waals surface area contributed by atoms with Gasteiger partial charge in [0.2, 0.25) is 0 Å². The Balaban J connectivity index is 4.73. The molecule has 4 heteroatoms. The highest BCUT2D eigenvalue weighted by atomic mass is 16.5. The fraction of sp³-hybridized carbons (Fsp3) is 0.111. The van der Waals surface area contributed by atoms with E-state index >= 15 is 0 Å². The lowest BCUT2D eigenvalue weighted by Gasteiger charge is -1.96. The minimum Gasteiger partial charge on any atom is -0.477 e. The van der Waals surface area contributed by atoms with Crippen molar-refractivity contribution in [1.29, 1.82) is 0 Å². The molecule has 68 valence electrons. The molecule has 0 aliphatic carbocycles. The molecule has 0 unspecified atom stereocenters. The number of hydrogen-bond donors (Lipinski definition) is 1. The highest BCUT2D eigenvalue weighted by Gasteiger charge is 2.16. The number of aliphatic carboxylic acids is 1. The lowest BCUT2D eigenvalue weighted by Crippen LogP contribution is -2.13. The molecule has 0 aromatic heterocycles. The van der Waals surface area contributed by atoms with Crippen LogP contribution in [0.4, 0.5) is 0 Å². The van der Waals surface area contributed by atoms with Crippen LogP contribution in [0, 0.1) is 12.3 Å². The van der Waals surface area contributed by atoms with E-state index in [1.165, 1.54) is 12.2 Å². The molecule has 0 bridgehead atoms. The van der Waals surface area contributed by atoms with Crippen LogP contribution in [0.2, 0.25) is 0 Å². The predicted molar refractivity (Wildman–Crippen MR) is 45.7 cm³/mol. The Morgan fingerprint density at radius 3 is 2.54 bits per heavy atom. The summed E-state index contributed by atoms with van der Waals surface area (Å²) >= 11 is 0. The predicted octanol–water partition coefficient (Wildman–Crippen LogP) is 0.360. The van der Waals surface area contributed by atoms with Crippen LogP contribution >= 0.6 is 0 Å². The lowest BCUT2D eigenvalue weighted by molar-refractivity contribution is -0.142. The van der Waals surface area contributed by atoms with Crippen molar-refractivity contribution in [2.75, 3.05) is 7.11 Å². The Hall–Kier alpha value is -2.02. The second-order valence-electron chi connectivity index (χ2n) is 1.90. The summed E-state index contributed by atoms with van der Waals surface area (Å²) in [7, 11) is 1.10. The lowest BCUT2D eigenvalue weighted by atomic mass is 10.2. The molecule has 0 atom stereocenters. The minimum atomic E-state index is -1.35. The molecule has 0 rings (SSSR count). The van der Waals surface area contributed by atoms with Crippen molar-refractivity contribution >= 4 is 11.9 Å². The van der Waals surface area contributed by atoms with Crippen LogP contribution in [-0.4, -0.2) is 24.2 Å². The van der Waals surface area contributed by atoms with E-state index in [2.05, 4.69) is 10.7 Å². The number of carboxylic acid groups (broad SMARTS) is 1. The molecule has 0 spiro atoms. The summed E-state index contributed by atoms with van der Waals surface area (Å²) in [6.45, 7) is 0. The van der Waals surface area contributed by atoms with Gasteiger partial charge in [-0.2, -0.15) is 0 Å². The van der Waals surface area contributed by atoms with Gasteiger partial charge in [0.05, 0.1) is 7.11 Å². The number of carboxylic acids is 1. The Kier molecular flexibility index (Phi) is 4.74. The van der Waals surface area contributed by atoms with Gasteiger partial charge in [-0.05, 0) is 12.2 Å². The first kappa shape index (κ1) is 11.0. The quantitative estimate of drug-likeness (QED) is 0.170. The highest BCUT2D eigenvalue weighted by Crippen LogP contribution is 1.98. The number of hydrogen-bond acceptors (Lipinski definition) is 3. The van der Waals surface area contributed by atoms with Gasteiger partial charge in [-0.1, -0.05) is 12.0 Å². The van der Waals surface area contributed by atoms with Gasteiger partial charge >= 0.3 is 11.9 Å². The van der Waals surface area contributed by atoms with Gasteiger partial charge in [0.1, 0.15) is 5.57 Å². The standard InChI is InChI=1S/C9H8O4/c1-3-4-5-6-7(8(10)11)9(12)13-2/h1,4-6H,2H3,(H,10,11). The second-order valence-corrected chi connectivity index (χ2v) is 1.90. The van der Waals surface area contributed by atoms with Crippen molar-refractivity contribution in [3.05, 3.63) is 23.8 Å². The van der Waals surface area contributed by atoms with E-state index in [-0.39, 0.29) is 0 Å². The topological polar surface area (TPSA) is 63.6 Å². The zero-order valence-corrected chi connectivity index (χ0v) is 6.98. The minimum absolute atomic E-state index is 0.464. The number of ether oxygens (including phenoxy) is 1. The molecule has 0 saturated heterocycles. The van der Waals surface area contributed by atoms with Gasteiger partial charge < -0.3 is 9.84 Å². The highest BCUT2D eigenvalue weighted by molar-refractivity contribution is 6.13. The van der Waals surface area contributed by atoms with Crippen LogP contribution < -0.4 is 0 Å². The normalized spacial score (nSPS) is 10.9. The van der Waals surface area contributed by atoms with Crippen molar-refractivity contribution in [2.24, 2.45) is 0 Å². The van der Waals surface area contributed by atoms with Gasteiger partial charge in [0, 0.05) is 0 Å². The molecule has 0 aromatic carbocycles. The van der Waals surface area contributed by atoms with Crippen LogP contribution in [-0.2, 0) is 14.3 Å². The number of esters is 1. The molecule has 0 aliphatic rings. The maximum atomic E-state index is 10.8. The molecule has 0 radical (unpaired) electrons. The molecule has 0 aromatic rings. The fourth-order valence-electron chi connectivity index (χ4n) is 0.536. The van der Waals surface area contributed by atoms with E-state index in [1.807, 2.05) is 0 Å². The molecule has 0 fully saturated rings. The summed E-state index contributed by atoms with van der Waals surface area (Å²) in [6, 6.07) is 0. The average molecular weight is 180 g/mol. The van der Waals surface area contributed by atoms with Crippen molar-refractivity contribution < 1.29 is 19.4 Å². The number of methoxy groups -OCH3 is 1. The maximum absolute atomic E-state index is 10.8. The van der Waals surface area contributed by atoms with E-state index in [1.54, 1.807) is 0 Å². The summed E-state index contributed by atoms with van der Waals surface area (Å²) in [6.07, 6.45) is 8.50. The molecular formula is C9H8O4. The van der Waals surface area contributed by atoms with Crippen LogP contribution in [0.1, 0.15) is 0 Å². The fourth-order valence-corrected chi connectivity index (χ4v) is 0.536. The summed E-state index contributed by atoms with van der Waals surface area (Å²) in [5.41, 5.74) is -0.464. The number of allylic oxidation sites excluding steroid dienone is 3. The van der Waals surface area contributed by atoms with Crippen molar-refractivity contribution in [3.63, 3.8) is 0 Å². The van der Waals surface area contributed by atoms with Crippen molar-refractivity contribution in [2.45, 2.75) is 0 Å². The number of carbonyl (C=O) groups excluding carboxylic acids is 1. The molecule has 4 nitrogen and oxygen atoms in total. The van der Waals surface area contributed by atoms with Gasteiger partial charge in [-0.25, -0.2) is 9.59 Å². The van der Waals surface area contributed by atoms with E-state index in [0.29, 0.717) is 0 Å². The maximum Gasteiger partial charge on any atom is 0.345 e. The number of terminal acetylenes is 1. The van der Waals surface area contributed by atoms with Crippen molar-refractivity contribution in [1.82, 2.24) is 0 Å². The first-order chi connectivity index (χ1) is 6.13. The molecule has 0 saturated carbocycles. The molecule has 0 heterocycles. The third-order valence-corrected chi connectivity index (χ3v) is 1.09. The first-order valence-corrected chi connectivity index (χ1v) is 3.28. The van der Waals surface area contributed by atoms with E-state index < -0.39 is 17.5 Å². The summed E-state index contributed by atoms with van der Waals surface area (Å²) in [5.74, 6) is -0.113. The van der Waals surface area contributed by atoms with Crippen LogP contribution in [0.25, 0.3) is 0 Å². The SMILES string of the molecule is C#CC=CC=C(C(=O)O)C(=O)OC. The van der Waals surface area contributed by atoms with Crippen LogP contribution in [0.3, 0.4) is 0 Å². The van der Waals surface area contributed by atoms with Crippen molar-refractivity contribution in [3.8, 4) is 12.3 Å². The Labute approximate surface area is 75.5 Å². The summed E-state index contributed by atoms with van der Waals surface area (Å²) in [4.78, 5) is 21.2. The Morgan fingerprint density at radius 2 is 2.15 bits per heavy atom. The third kappa shape index (κ3) is 3.77. The first-order valence-electron chi connectivity index (χ1n) is 3.28. The zero-order chi connectivity index (χ0) is 10.3. The Morgan fingerprint density at radius 1 is 1.54 bits per heavy atom. The van der Waals surface area contributed by atoms with Crippen LogP contribution in [0.15, 0.2) is 23.8 Å². The number of rotatable bonds is 3. The van der Waals surface area contributed by atoms with E-state index in [0.717, 1.165) is 13.2 Å². The third-order valence-electron chi connectivity index (χ3n) is 1.09. The zero-order valence-electron chi connectivity index (χ0n) is 6.98. The second kappa shape index (κ2) is 5.61. The molecule has 0 amide bonds. The van der Waals surface area contributed by atoms with Gasteiger partial charge in [0.25, 0.3) is 0 Å². The number of carbonyl (C=O) groups is 2. The van der Waals surface area contributed by atoms with E-state index in [9.17, 15) is 9.59 Å².